The maximum atomic E-state index is 4.85. The molecule has 1 aliphatic heterocycles. The van der Waals surface area contributed by atoms with Gasteiger partial charge in [0.15, 0.2) is 5.84 Å². The van der Waals surface area contributed by atoms with E-state index in [9.17, 15) is 0 Å². The Morgan fingerprint density at radius 3 is 2.79 bits per heavy atom. The number of aromatic amines is 1. The molecule has 2 heterocycles. The molecule has 1 aromatic carbocycles. The molecule has 1 aliphatic carbocycles. The van der Waals surface area contributed by atoms with E-state index in [0.29, 0.717) is 5.41 Å². The molecule has 2 aromatic rings. The van der Waals surface area contributed by atoms with Crippen LogP contribution in [0.1, 0.15) is 51.6 Å². The van der Waals surface area contributed by atoms with Gasteiger partial charge in [0.2, 0.25) is 0 Å². The molecule has 1 saturated carbocycles. The number of rotatable bonds is 6. The van der Waals surface area contributed by atoms with Crippen molar-refractivity contribution in [1.82, 2.24) is 20.8 Å². The Balaban J connectivity index is 1.60. The fraction of sp³-hybridized carbons (Fsp3) is 0.417. The average Bonchev–Trinajstić information content (AvgIpc) is 3.47. The molecule has 0 amide bonds. The topological polar surface area (TPSA) is 65.1 Å². The van der Waals surface area contributed by atoms with Gasteiger partial charge in [0, 0.05) is 23.8 Å². The van der Waals surface area contributed by atoms with Gasteiger partial charge in [-0.25, -0.2) is 0 Å². The van der Waals surface area contributed by atoms with Crippen molar-refractivity contribution >= 4 is 16.7 Å². The van der Waals surface area contributed by atoms with Crippen molar-refractivity contribution in [2.24, 2.45) is 10.4 Å². The zero-order chi connectivity index (χ0) is 20.4. The summed E-state index contributed by atoms with van der Waals surface area (Å²) in [6.07, 6.45) is 10.8. The van der Waals surface area contributed by atoms with E-state index in [2.05, 4.69) is 59.5 Å². The molecular weight excluding hydrogens is 358 g/mol. The Hall–Kier alpha value is -2.82. The van der Waals surface area contributed by atoms with E-state index < -0.39 is 0 Å². The number of benzene rings is 1. The monoisotopic (exact) mass is 389 g/mol. The largest absolute Gasteiger partial charge is 0.388 e. The molecule has 0 saturated heterocycles. The lowest BCUT2D eigenvalue weighted by Crippen LogP contribution is -2.22. The lowest BCUT2D eigenvalue weighted by atomic mass is 9.76. The third-order valence-corrected chi connectivity index (χ3v) is 6.75. The summed E-state index contributed by atoms with van der Waals surface area (Å²) in [4.78, 5) is 4.85. The fourth-order valence-corrected chi connectivity index (χ4v) is 4.81. The van der Waals surface area contributed by atoms with Crippen molar-refractivity contribution in [3.05, 3.63) is 65.7 Å². The quantitative estimate of drug-likeness (QED) is 0.621. The Morgan fingerprint density at radius 1 is 1.31 bits per heavy atom. The lowest BCUT2D eigenvalue weighted by molar-refractivity contribution is 0.349. The third-order valence-electron chi connectivity index (χ3n) is 6.75. The first-order chi connectivity index (χ1) is 14.1. The number of hydrogen-bond acceptors (Lipinski definition) is 4. The number of amidine groups is 1. The van der Waals surface area contributed by atoms with Crippen molar-refractivity contribution in [3.63, 3.8) is 0 Å². The van der Waals surface area contributed by atoms with E-state index in [-0.39, 0.29) is 6.04 Å². The zero-order valence-corrected chi connectivity index (χ0v) is 17.7. The first kappa shape index (κ1) is 19.5. The predicted octanol–water partition coefficient (Wildman–Crippen LogP) is 4.82. The molecule has 152 valence electrons. The van der Waals surface area contributed by atoms with Crippen LogP contribution in [-0.2, 0) is 0 Å². The Bertz CT molecular complexity index is 1000. The van der Waals surface area contributed by atoms with E-state index in [1.54, 1.807) is 0 Å². The van der Waals surface area contributed by atoms with E-state index in [4.69, 9.17) is 4.99 Å². The van der Waals surface area contributed by atoms with Crippen LogP contribution in [-0.4, -0.2) is 29.1 Å². The molecule has 4 rings (SSSR count). The summed E-state index contributed by atoms with van der Waals surface area (Å²) in [6.45, 7) is 8.79. The van der Waals surface area contributed by atoms with Crippen molar-refractivity contribution in [3.8, 4) is 0 Å². The minimum Gasteiger partial charge on any atom is -0.388 e. The molecule has 0 bridgehead atoms. The molecular formula is C24H31N5. The molecule has 5 heteroatoms. The van der Waals surface area contributed by atoms with Gasteiger partial charge in [-0.2, -0.15) is 5.10 Å². The Morgan fingerprint density at radius 2 is 2.07 bits per heavy atom. The second kappa shape index (κ2) is 7.90. The molecule has 2 aliphatic rings. The van der Waals surface area contributed by atoms with Gasteiger partial charge in [0.05, 0.1) is 5.52 Å². The van der Waals surface area contributed by atoms with Crippen LogP contribution >= 0.6 is 0 Å². The molecule has 0 radical (unpaired) electrons. The summed E-state index contributed by atoms with van der Waals surface area (Å²) >= 11 is 0. The van der Waals surface area contributed by atoms with Gasteiger partial charge in [-0.05, 0) is 49.3 Å². The highest BCUT2D eigenvalue weighted by Gasteiger charge is 2.34. The number of fused-ring (bicyclic) bond motifs is 1. The van der Waals surface area contributed by atoms with E-state index in [1.165, 1.54) is 43.4 Å². The second-order valence-electron chi connectivity index (χ2n) is 8.18. The maximum absolute atomic E-state index is 4.85. The van der Waals surface area contributed by atoms with Crippen LogP contribution in [0, 0.1) is 5.41 Å². The predicted molar refractivity (Wildman–Crippen MR) is 121 cm³/mol. The van der Waals surface area contributed by atoms with Crippen LogP contribution in [0.4, 0.5) is 0 Å². The van der Waals surface area contributed by atoms with Crippen LogP contribution in [0.3, 0.4) is 0 Å². The Labute approximate surface area is 173 Å². The number of H-pyrrole nitrogens is 1. The number of hydrogen-bond donors (Lipinski definition) is 3. The van der Waals surface area contributed by atoms with Gasteiger partial charge < -0.3 is 10.6 Å². The SMILES string of the molecule is C=C1NC(c2n[nH]c3ccccc23)=NC1C=C/C(NC)=C(\C)C1(CC)CCCC1. The first-order valence-electron chi connectivity index (χ1n) is 10.6. The number of nitrogens with one attached hydrogen (secondary N) is 3. The highest BCUT2D eigenvalue weighted by atomic mass is 15.2. The van der Waals surface area contributed by atoms with Crippen molar-refractivity contribution in [2.45, 2.75) is 52.0 Å². The molecule has 0 spiro atoms. The van der Waals surface area contributed by atoms with Gasteiger partial charge in [0.1, 0.15) is 11.7 Å². The van der Waals surface area contributed by atoms with Gasteiger partial charge in [-0.1, -0.05) is 50.6 Å². The van der Waals surface area contributed by atoms with Crippen molar-refractivity contribution < 1.29 is 0 Å². The standard InChI is InChI=1S/C24H31N5/c1-5-24(14-8-9-15-24)16(2)19(25-4)12-13-20-17(3)26-23(27-20)22-18-10-6-7-11-21(18)28-29-22/h6-7,10-13,20,25H,3,5,8-9,14-15H2,1-2,4H3,(H,26,27)(H,28,29)/b13-12?,19-16-. The number of para-hydroxylation sites is 1. The molecule has 1 unspecified atom stereocenters. The molecule has 3 N–H and O–H groups in total. The first-order valence-corrected chi connectivity index (χ1v) is 10.6. The summed E-state index contributed by atoms with van der Waals surface area (Å²) in [5.41, 5.74) is 5.74. The van der Waals surface area contributed by atoms with Crippen LogP contribution < -0.4 is 10.6 Å². The number of aliphatic imine (C=N–C) groups is 1. The van der Waals surface area contributed by atoms with Crippen LogP contribution in [0.5, 0.6) is 0 Å². The number of allylic oxidation sites excluding steroid dienone is 2. The van der Waals surface area contributed by atoms with E-state index in [1.807, 2.05) is 25.2 Å². The van der Waals surface area contributed by atoms with Crippen LogP contribution in [0.15, 0.2) is 65.0 Å². The minimum atomic E-state index is -0.0993. The molecule has 1 aromatic heterocycles. The van der Waals surface area contributed by atoms with E-state index in [0.717, 1.165) is 28.1 Å². The minimum absolute atomic E-state index is 0.0993. The summed E-state index contributed by atoms with van der Waals surface area (Å²) in [5.74, 6) is 0.773. The van der Waals surface area contributed by atoms with Crippen molar-refractivity contribution in [2.75, 3.05) is 7.05 Å². The number of aromatic nitrogens is 2. The molecule has 29 heavy (non-hydrogen) atoms. The molecule has 5 nitrogen and oxygen atoms in total. The average molecular weight is 390 g/mol. The van der Waals surface area contributed by atoms with Crippen LogP contribution in [0.25, 0.3) is 10.9 Å². The number of nitrogens with zero attached hydrogens (tertiary/aromatic N) is 2. The summed E-state index contributed by atoms with van der Waals surface area (Å²) in [6, 6.07) is 7.99. The molecule has 1 fully saturated rings. The van der Waals surface area contributed by atoms with Gasteiger partial charge in [-0.15, -0.1) is 0 Å². The van der Waals surface area contributed by atoms with Crippen LogP contribution in [0.2, 0.25) is 0 Å². The maximum Gasteiger partial charge on any atom is 0.155 e. The van der Waals surface area contributed by atoms with Gasteiger partial charge >= 0.3 is 0 Å². The Kier molecular flexibility index (Phi) is 5.31. The van der Waals surface area contributed by atoms with Gasteiger partial charge in [-0.3, -0.25) is 10.1 Å². The number of likely N-dealkylation sites (N-methyl/N-ethyl adjacent to an activating group) is 1. The lowest BCUT2D eigenvalue weighted by Gasteiger charge is -2.30. The summed E-state index contributed by atoms with van der Waals surface area (Å²) in [7, 11) is 2.01. The highest BCUT2D eigenvalue weighted by Crippen LogP contribution is 2.47. The smallest absolute Gasteiger partial charge is 0.155 e. The van der Waals surface area contributed by atoms with E-state index >= 15 is 0 Å². The fourth-order valence-electron chi connectivity index (χ4n) is 4.81. The summed E-state index contributed by atoms with van der Waals surface area (Å²) in [5, 5.41) is 15.3. The second-order valence-corrected chi connectivity index (χ2v) is 8.18. The van der Waals surface area contributed by atoms with Crippen molar-refractivity contribution in [1.29, 1.82) is 0 Å². The third kappa shape index (κ3) is 3.50. The molecule has 1 atom stereocenters. The zero-order valence-electron chi connectivity index (χ0n) is 17.7. The summed E-state index contributed by atoms with van der Waals surface area (Å²) < 4.78 is 0. The normalized spacial score (nSPS) is 22.1. The highest BCUT2D eigenvalue weighted by molar-refractivity contribution is 6.09. The van der Waals surface area contributed by atoms with Gasteiger partial charge in [0.25, 0.3) is 0 Å².